The van der Waals surface area contributed by atoms with Gasteiger partial charge in [-0.15, -0.1) is 11.8 Å². The van der Waals surface area contributed by atoms with Gasteiger partial charge in [-0.05, 0) is 55.3 Å². The Morgan fingerprint density at radius 3 is 2.42 bits per heavy atom. The Morgan fingerprint density at radius 1 is 1.08 bits per heavy atom. The molecule has 1 aliphatic heterocycles. The number of carbonyl (C=O) groups is 1. The van der Waals surface area contributed by atoms with Crippen LogP contribution >= 0.6 is 23.4 Å². The summed E-state index contributed by atoms with van der Waals surface area (Å²) in [5.41, 5.74) is 1.78. The maximum absolute atomic E-state index is 12.9. The number of likely N-dealkylation sites (tertiary alicyclic amines) is 1. The van der Waals surface area contributed by atoms with Gasteiger partial charge in [-0.1, -0.05) is 24.4 Å². The molecule has 3 nitrogen and oxygen atoms in total. The van der Waals surface area contributed by atoms with Crippen molar-refractivity contribution in [2.45, 2.75) is 36.3 Å². The van der Waals surface area contributed by atoms with Crippen molar-refractivity contribution in [1.82, 2.24) is 4.90 Å². The van der Waals surface area contributed by atoms with Crippen molar-refractivity contribution in [3.8, 4) is 5.75 Å². The molecule has 26 heavy (non-hydrogen) atoms. The highest BCUT2D eigenvalue weighted by Gasteiger charge is 2.18. The van der Waals surface area contributed by atoms with Crippen molar-refractivity contribution in [2.75, 3.05) is 20.2 Å². The van der Waals surface area contributed by atoms with Gasteiger partial charge < -0.3 is 9.64 Å². The lowest BCUT2D eigenvalue weighted by Crippen LogP contribution is -2.31. The van der Waals surface area contributed by atoms with Crippen LogP contribution in [0.3, 0.4) is 0 Å². The fourth-order valence-corrected chi connectivity index (χ4v) is 4.17. The smallest absolute Gasteiger partial charge is 0.253 e. The number of benzene rings is 2. The van der Waals surface area contributed by atoms with E-state index in [9.17, 15) is 4.79 Å². The van der Waals surface area contributed by atoms with Crippen LogP contribution in [0.1, 0.15) is 41.6 Å². The zero-order chi connectivity index (χ0) is 18.4. The van der Waals surface area contributed by atoms with E-state index in [0.717, 1.165) is 58.5 Å². The molecule has 0 N–H and O–H groups in total. The third kappa shape index (κ3) is 4.95. The predicted octanol–water partition coefficient (Wildman–Crippen LogP) is 5.66. The van der Waals surface area contributed by atoms with Gasteiger partial charge in [-0.2, -0.15) is 0 Å². The Kier molecular flexibility index (Phi) is 6.86. The molecule has 0 aromatic heterocycles. The minimum atomic E-state index is 0.132. The zero-order valence-electron chi connectivity index (χ0n) is 15.0. The molecule has 0 saturated carbocycles. The number of rotatable bonds is 5. The number of hydrogen-bond acceptors (Lipinski definition) is 3. The van der Waals surface area contributed by atoms with Gasteiger partial charge in [0.2, 0.25) is 0 Å². The summed E-state index contributed by atoms with van der Waals surface area (Å²) in [4.78, 5) is 16.0. The number of carbonyl (C=O) groups excluding carboxylic acids is 1. The Bertz CT molecular complexity index is 740. The molecule has 1 heterocycles. The molecule has 0 unspecified atom stereocenters. The van der Waals surface area contributed by atoms with Crippen molar-refractivity contribution in [3.63, 3.8) is 0 Å². The van der Waals surface area contributed by atoms with E-state index in [2.05, 4.69) is 0 Å². The van der Waals surface area contributed by atoms with E-state index < -0.39 is 0 Å². The molecular formula is C21H24ClNO2S. The van der Waals surface area contributed by atoms with Crippen LogP contribution in [-0.2, 0) is 5.75 Å². The highest BCUT2D eigenvalue weighted by Crippen LogP contribution is 2.30. The summed E-state index contributed by atoms with van der Waals surface area (Å²) in [6.07, 6.45) is 4.63. The van der Waals surface area contributed by atoms with Crippen molar-refractivity contribution in [3.05, 3.63) is 58.6 Å². The van der Waals surface area contributed by atoms with Crippen LogP contribution < -0.4 is 4.74 Å². The lowest BCUT2D eigenvalue weighted by Gasteiger charge is -2.21. The van der Waals surface area contributed by atoms with Gasteiger partial charge in [0.05, 0.1) is 7.11 Å². The average Bonchev–Trinajstić information content (AvgIpc) is 2.96. The van der Waals surface area contributed by atoms with Crippen LogP contribution in [0, 0.1) is 0 Å². The van der Waals surface area contributed by atoms with Gasteiger partial charge in [-0.25, -0.2) is 0 Å². The number of methoxy groups -OCH3 is 1. The molecule has 0 radical (unpaired) electrons. The predicted molar refractivity (Wildman–Crippen MR) is 108 cm³/mol. The number of hydrogen-bond donors (Lipinski definition) is 0. The average molecular weight is 390 g/mol. The van der Waals surface area contributed by atoms with Crippen molar-refractivity contribution >= 4 is 29.3 Å². The van der Waals surface area contributed by atoms with Crippen LogP contribution in [-0.4, -0.2) is 31.0 Å². The molecule has 2 aromatic carbocycles. The Balaban J connectivity index is 1.74. The lowest BCUT2D eigenvalue weighted by molar-refractivity contribution is 0.0761. The molecule has 0 bridgehead atoms. The molecule has 1 aliphatic rings. The molecule has 138 valence electrons. The van der Waals surface area contributed by atoms with Crippen molar-refractivity contribution in [1.29, 1.82) is 0 Å². The molecule has 0 atom stereocenters. The molecule has 0 aliphatic carbocycles. The molecule has 3 rings (SSSR count). The van der Waals surface area contributed by atoms with Gasteiger partial charge in [0, 0.05) is 39.9 Å². The molecule has 2 aromatic rings. The fourth-order valence-electron chi connectivity index (χ4n) is 3.17. The largest absolute Gasteiger partial charge is 0.496 e. The quantitative estimate of drug-likeness (QED) is 0.618. The second-order valence-corrected chi connectivity index (χ2v) is 7.96. The van der Waals surface area contributed by atoms with E-state index >= 15 is 0 Å². The number of halogens is 1. The standard InChI is InChI=1S/C21H24ClNO2S/c1-25-20-11-6-16(21(24)23-12-4-2-3-5-13-23)14-17(20)15-26-19-9-7-18(22)8-10-19/h6-11,14H,2-5,12-13,15H2,1H3. The normalized spacial score (nSPS) is 14.8. The maximum Gasteiger partial charge on any atom is 0.253 e. The van der Waals surface area contributed by atoms with Crippen LogP contribution in [0.5, 0.6) is 5.75 Å². The van der Waals surface area contributed by atoms with Crippen LogP contribution in [0.2, 0.25) is 5.02 Å². The number of thioether (sulfide) groups is 1. The first-order valence-corrected chi connectivity index (χ1v) is 10.4. The van der Waals surface area contributed by atoms with E-state index in [1.807, 2.05) is 47.4 Å². The molecule has 5 heteroatoms. The number of ether oxygens (including phenoxy) is 1. The van der Waals surface area contributed by atoms with Crippen molar-refractivity contribution in [2.24, 2.45) is 0 Å². The maximum atomic E-state index is 12.9. The molecular weight excluding hydrogens is 366 g/mol. The molecule has 1 saturated heterocycles. The second-order valence-electron chi connectivity index (χ2n) is 6.48. The molecule has 1 fully saturated rings. The zero-order valence-corrected chi connectivity index (χ0v) is 16.6. The highest BCUT2D eigenvalue weighted by molar-refractivity contribution is 7.98. The SMILES string of the molecule is COc1ccc(C(=O)N2CCCCCC2)cc1CSc1ccc(Cl)cc1. The van der Waals surface area contributed by atoms with E-state index in [1.54, 1.807) is 18.9 Å². The van der Waals surface area contributed by atoms with Gasteiger partial charge in [0.25, 0.3) is 5.91 Å². The number of amides is 1. The van der Waals surface area contributed by atoms with E-state index in [1.165, 1.54) is 12.8 Å². The number of nitrogens with zero attached hydrogens (tertiary/aromatic N) is 1. The Hall–Kier alpha value is -1.65. The summed E-state index contributed by atoms with van der Waals surface area (Å²) in [5, 5.41) is 0.733. The third-order valence-electron chi connectivity index (χ3n) is 4.63. The first-order valence-electron chi connectivity index (χ1n) is 9.02. The Labute approximate surface area is 164 Å². The van der Waals surface area contributed by atoms with Crippen LogP contribution in [0.4, 0.5) is 0 Å². The van der Waals surface area contributed by atoms with Gasteiger partial charge >= 0.3 is 0 Å². The van der Waals surface area contributed by atoms with Crippen LogP contribution in [0.15, 0.2) is 47.4 Å². The van der Waals surface area contributed by atoms with Crippen molar-refractivity contribution < 1.29 is 9.53 Å². The van der Waals surface area contributed by atoms with Gasteiger partial charge in [0.15, 0.2) is 0 Å². The highest BCUT2D eigenvalue weighted by atomic mass is 35.5. The fraction of sp³-hybridized carbons (Fsp3) is 0.381. The molecule has 0 spiro atoms. The van der Waals surface area contributed by atoms with Crippen LogP contribution in [0.25, 0.3) is 0 Å². The van der Waals surface area contributed by atoms with E-state index in [0.29, 0.717) is 0 Å². The first-order chi connectivity index (χ1) is 12.7. The second kappa shape index (κ2) is 9.33. The summed E-state index contributed by atoms with van der Waals surface area (Å²) >= 11 is 7.65. The minimum absolute atomic E-state index is 0.132. The van der Waals surface area contributed by atoms with Gasteiger partial charge in [0.1, 0.15) is 5.75 Å². The lowest BCUT2D eigenvalue weighted by atomic mass is 10.1. The van der Waals surface area contributed by atoms with Gasteiger partial charge in [-0.3, -0.25) is 4.79 Å². The summed E-state index contributed by atoms with van der Waals surface area (Å²) in [6.45, 7) is 1.72. The van der Waals surface area contributed by atoms with E-state index in [4.69, 9.17) is 16.3 Å². The third-order valence-corrected chi connectivity index (χ3v) is 5.94. The van der Waals surface area contributed by atoms with E-state index in [-0.39, 0.29) is 5.91 Å². The first kappa shape index (κ1) is 19.1. The summed E-state index contributed by atoms with van der Waals surface area (Å²) in [7, 11) is 1.67. The molecule has 1 amide bonds. The Morgan fingerprint density at radius 2 is 1.77 bits per heavy atom. The summed E-state index contributed by atoms with van der Waals surface area (Å²) < 4.78 is 5.49. The summed E-state index contributed by atoms with van der Waals surface area (Å²) in [6, 6.07) is 13.6. The summed E-state index contributed by atoms with van der Waals surface area (Å²) in [5.74, 6) is 1.69. The monoisotopic (exact) mass is 389 g/mol. The minimum Gasteiger partial charge on any atom is -0.496 e. The topological polar surface area (TPSA) is 29.5 Å².